The lowest BCUT2D eigenvalue weighted by Gasteiger charge is -2.46. The molecule has 4 heteroatoms. The zero-order chi connectivity index (χ0) is 16.6. The molecule has 0 radical (unpaired) electrons. The Hall–Kier alpha value is -0.610. The van der Waals surface area contributed by atoms with Crippen LogP contribution in [0.15, 0.2) is 24.3 Å². The lowest BCUT2D eigenvalue weighted by atomic mass is 9.80. The molecule has 4 fully saturated rings. The van der Waals surface area contributed by atoms with Gasteiger partial charge in [0, 0.05) is 17.1 Å². The van der Waals surface area contributed by atoms with Crippen LogP contribution < -0.4 is 0 Å². The Morgan fingerprint density at radius 2 is 1.83 bits per heavy atom. The SMILES string of the molecule is O[C@](CO[C@H]1CN2CCC1CC2)(c1ccccc1Cl)C1CCCC1. The summed E-state index contributed by atoms with van der Waals surface area (Å²) >= 11 is 6.45. The highest BCUT2D eigenvalue weighted by Gasteiger charge is 2.43. The first-order valence-corrected chi connectivity index (χ1v) is 9.86. The van der Waals surface area contributed by atoms with E-state index < -0.39 is 5.60 Å². The fourth-order valence-corrected chi connectivity index (χ4v) is 5.26. The average Bonchev–Trinajstić information content (AvgIpc) is 3.16. The van der Waals surface area contributed by atoms with Crippen molar-refractivity contribution in [3.05, 3.63) is 34.9 Å². The molecule has 4 aliphatic rings. The highest BCUT2D eigenvalue weighted by Crippen LogP contribution is 2.43. The van der Waals surface area contributed by atoms with Gasteiger partial charge in [0.25, 0.3) is 0 Å². The first-order valence-electron chi connectivity index (χ1n) is 9.48. The molecule has 2 bridgehead atoms. The number of fused-ring (bicyclic) bond motifs is 3. The molecule has 1 saturated carbocycles. The Balaban J connectivity index is 1.53. The van der Waals surface area contributed by atoms with Crippen LogP contribution in [0.5, 0.6) is 0 Å². The highest BCUT2D eigenvalue weighted by atomic mass is 35.5. The van der Waals surface area contributed by atoms with Crippen LogP contribution in [0.2, 0.25) is 5.02 Å². The number of hydrogen-bond donors (Lipinski definition) is 1. The smallest absolute Gasteiger partial charge is 0.117 e. The highest BCUT2D eigenvalue weighted by molar-refractivity contribution is 6.31. The maximum atomic E-state index is 11.6. The summed E-state index contributed by atoms with van der Waals surface area (Å²) in [5.41, 5.74) is -0.110. The third-order valence-corrected chi connectivity index (χ3v) is 6.81. The van der Waals surface area contributed by atoms with E-state index in [1.165, 1.54) is 38.8 Å². The van der Waals surface area contributed by atoms with Gasteiger partial charge >= 0.3 is 0 Å². The standard InChI is InChI=1S/C20H28ClNO2/c21-18-8-4-3-7-17(18)20(23,16-5-1-2-6-16)14-24-19-13-22-11-9-15(19)10-12-22/h3-4,7-8,15-16,19,23H,1-2,5-6,9-14H2/t19-,20-/m0/s1. The molecule has 1 aromatic rings. The fourth-order valence-electron chi connectivity index (χ4n) is 4.96. The number of hydrogen-bond acceptors (Lipinski definition) is 3. The molecule has 0 aromatic heterocycles. The number of ether oxygens (including phenoxy) is 1. The first kappa shape index (κ1) is 16.8. The Kier molecular flexibility index (Phi) is 4.88. The monoisotopic (exact) mass is 349 g/mol. The molecule has 3 saturated heterocycles. The minimum absolute atomic E-state index is 0.249. The predicted octanol–water partition coefficient (Wildman–Crippen LogP) is 3.83. The summed E-state index contributed by atoms with van der Waals surface area (Å²) in [5, 5.41) is 12.3. The van der Waals surface area contributed by atoms with Crippen LogP contribution >= 0.6 is 11.6 Å². The number of halogens is 1. The molecule has 5 rings (SSSR count). The van der Waals surface area contributed by atoms with E-state index in [4.69, 9.17) is 16.3 Å². The zero-order valence-corrected chi connectivity index (χ0v) is 15.0. The van der Waals surface area contributed by atoms with Crippen molar-refractivity contribution < 1.29 is 9.84 Å². The molecule has 2 atom stereocenters. The minimum atomic E-state index is -0.957. The van der Waals surface area contributed by atoms with E-state index in [-0.39, 0.29) is 12.0 Å². The normalized spacial score (nSPS) is 32.8. The molecule has 0 amide bonds. The van der Waals surface area contributed by atoms with Gasteiger partial charge in [0.15, 0.2) is 0 Å². The fraction of sp³-hybridized carbons (Fsp3) is 0.700. The topological polar surface area (TPSA) is 32.7 Å². The lowest BCUT2D eigenvalue weighted by molar-refractivity contribution is -0.143. The molecule has 0 spiro atoms. The third-order valence-electron chi connectivity index (χ3n) is 6.48. The van der Waals surface area contributed by atoms with E-state index in [0.29, 0.717) is 17.5 Å². The molecular weight excluding hydrogens is 322 g/mol. The van der Waals surface area contributed by atoms with Crippen molar-refractivity contribution in [3.8, 4) is 0 Å². The quantitative estimate of drug-likeness (QED) is 0.877. The lowest BCUT2D eigenvalue weighted by Crippen LogP contribution is -2.53. The van der Waals surface area contributed by atoms with E-state index in [1.54, 1.807) is 0 Å². The number of benzene rings is 1. The Morgan fingerprint density at radius 1 is 1.12 bits per heavy atom. The molecule has 0 unspecified atom stereocenters. The summed E-state index contributed by atoms with van der Waals surface area (Å²) in [4.78, 5) is 2.49. The molecular formula is C20H28ClNO2. The summed E-state index contributed by atoms with van der Waals surface area (Å²) in [6.45, 7) is 3.81. The second kappa shape index (κ2) is 6.95. The molecule has 1 aliphatic carbocycles. The largest absolute Gasteiger partial charge is 0.382 e. The van der Waals surface area contributed by atoms with Crippen molar-refractivity contribution in [1.82, 2.24) is 4.90 Å². The summed E-state index contributed by atoms with van der Waals surface area (Å²) in [6, 6.07) is 7.75. The van der Waals surface area contributed by atoms with E-state index >= 15 is 0 Å². The summed E-state index contributed by atoms with van der Waals surface area (Å²) in [5.74, 6) is 0.910. The maximum Gasteiger partial charge on any atom is 0.117 e. The van der Waals surface area contributed by atoms with Crippen LogP contribution in [0.3, 0.4) is 0 Å². The molecule has 3 heterocycles. The molecule has 3 nitrogen and oxygen atoms in total. The van der Waals surface area contributed by atoms with Crippen LogP contribution in [0.4, 0.5) is 0 Å². The van der Waals surface area contributed by atoms with Gasteiger partial charge in [0.2, 0.25) is 0 Å². The van der Waals surface area contributed by atoms with E-state index in [0.717, 1.165) is 24.9 Å². The zero-order valence-electron chi connectivity index (χ0n) is 14.3. The summed E-state index contributed by atoms with van der Waals surface area (Å²) in [7, 11) is 0. The van der Waals surface area contributed by atoms with Crippen LogP contribution in [0.25, 0.3) is 0 Å². The van der Waals surface area contributed by atoms with Crippen molar-refractivity contribution in [2.45, 2.75) is 50.2 Å². The number of piperidine rings is 3. The Labute approximate surface area is 149 Å². The Morgan fingerprint density at radius 3 is 2.46 bits per heavy atom. The van der Waals surface area contributed by atoms with Crippen LogP contribution in [-0.4, -0.2) is 42.4 Å². The van der Waals surface area contributed by atoms with Crippen molar-refractivity contribution in [3.63, 3.8) is 0 Å². The van der Waals surface area contributed by atoms with E-state index in [1.807, 2.05) is 24.3 Å². The van der Waals surface area contributed by atoms with Gasteiger partial charge in [-0.15, -0.1) is 0 Å². The van der Waals surface area contributed by atoms with E-state index in [9.17, 15) is 5.11 Å². The third kappa shape index (κ3) is 3.12. The summed E-state index contributed by atoms with van der Waals surface area (Å²) in [6.07, 6.45) is 7.24. The van der Waals surface area contributed by atoms with Crippen molar-refractivity contribution in [2.24, 2.45) is 11.8 Å². The second-order valence-electron chi connectivity index (χ2n) is 7.87. The minimum Gasteiger partial charge on any atom is -0.382 e. The predicted molar refractivity (Wildman–Crippen MR) is 96.2 cm³/mol. The average molecular weight is 350 g/mol. The van der Waals surface area contributed by atoms with Crippen LogP contribution in [0, 0.1) is 11.8 Å². The van der Waals surface area contributed by atoms with Gasteiger partial charge in [-0.3, -0.25) is 0 Å². The van der Waals surface area contributed by atoms with Crippen LogP contribution in [-0.2, 0) is 10.3 Å². The number of aliphatic hydroxyl groups is 1. The van der Waals surface area contributed by atoms with Crippen molar-refractivity contribution in [2.75, 3.05) is 26.2 Å². The second-order valence-corrected chi connectivity index (χ2v) is 8.28. The maximum absolute atomic E-state index is 11.6. The molecule has 1 N–H and O–H groups in total. The number of nitrogens with zero attached hydrogens (tertiary/aromatic N) is 1. The molecule has 132 valence electrons. The van der Waals surface area contributed by atoms with E-state index in [2.05, 4.69) is 4.90 Å². The molecule has 24 heavy (non-hydrogen) atoms. The van der Waals surface area contributed by atoms with Gasteiger partial charge in [-0.05, 0) is 56.7 Å². The number of rotatable bonds is 5. The van der Waals surface area contributed by atoms with Crippen molar-refractivity contribution in [1.29, 1.82) is 0 Å². The summed E-state index contributed by atoms with van der Waals surface area (Å²) < 4.78 is 6.35. The Bertz CT molecular complexity index is 567. The van der Waals surface area contributed by atoms with Gasteiger partial charge in [0.05, 0.1) is 12.7 Å². The van der Waals surface area contributed by atoms with Crippen molar-refractivity contribution >= 4 is 11.6 Å². The van der Waals surface area contributed by atoms with Gasteiger partial charge in [-0.2, -0.15) is 0 Å². The first-order chi connectivity index (χ1) is 11.7. The van der Waals surface area contributed by atoms with Gasteiger partial charge < -0.3 is 14.7 Å². The molecule has 1 aromatic carbocycles. The van der Waals surface area contributed by atoms with Crippen LogP contribution in [0.1, 0.15) is 44.1 Å². The van der Waals surface area contributed by atoms with Gasteiger partial charge in [-0.25, -0.2) is 0 Å². The van der Waals surface area contributed by atoms with Gasteiger partial charge in [0.1, 0.15) is 5.60 Å². The molecule has 3 aliphatic heterocycles. The van der Waals surface area contributed by atoms with Gasteiger partial charge in [-0.1, -0.05) is 42.6 Å².